The molecule has 1 heterocycles. The number of hydrogen-bond acceptors (Lipinski definition) is 3. The van der Waals surface area contributed by atoms with E-state index >= 15 is 0 Å². The number of nitrogens with two attached hydrogens (primary N) is 1. The molecule has 0 radical (unpaired) electrons. The number of rotatable bonds is 5. The lowest BCUT2D eigenvalue weighted by atomic mass is 10.0. The molecule has 1 fully saturated rings. The first-order chi connectivity index (χ1) is 11.6. The summed E-state index contributed by atoms with van der Waals surface area (Å²) in [5.74, 6) is 0.312. The van der Waals surface area contributed by atoms with Gasteiger partial charge in [-0.3, -0.25) is 4.79 Å². The van der Waals surface area contributed by atoms with E-state index in [0.717, 1.165) is 30.6 Å². The third kappa shape index (κ3) is 4.17. The monoisotopic (exact) mass is 382 g/mol. The van der Waals surface area contributed by atoms with E-state index in [1.807, 2.05) is 31.2 Å². The Morgan fingerprint density at radius 3 is 2.92 bits per heavy atom. The summed E-state index contributed by atoms with van der Waals surface area (Å²) in [5, 5.41) is 8.20. The number of benzene rings is 1. The highest BCUT2D eigenvalue weighted by molar-refractivity contribution is 6.30. The molecule has 0 aliphatic heterocycles. The van der Waals surface area contributed by atoms with E-state index < -0.39 is 0 Å². The van der Waals surface area contributed by atoms with Gasteiger partial charge in [-0.15, -0.1) is 12.4 Å². The summed E-state index contributed by atoms with van der Waals surface area (Å²) < 4.78 is 1.79. The van der Waals surface area contributed by atoms with Crippen LogP contribution < -0.4 is 11.1 Å². The third-order valence-electron chi connectivity index (χ3n) is 4.78. The second-order valence-electron chi connectivity index (χ2n) is 6.26. The summed E-state index contributed by atoms with van der Waals surface area (Å²) in [6, 6.07) is 7.64. The lowest BCUT2D eigenvalue weighted by Gasteiger charge is -2.19. The van der Waals surface area contributed by atoms with Crippen LogP contribution in [0.2, 0.25) is 5.02 Å². The van der Waals surface area contributed by atoms with Crippen LogP contribution in [0, 0.1) is 5.92 Å². The number of nitrogens with one attached hydrogen (secondary N) is 1. The first-order valence-electron chi connectivity index (χ1n) is 8.47. The van der Waals surface area contributed by atoms with Gasteiger partial charge >= 0.3 is 0 Å². The van der Waals surface area contributed by atoms with E-state index in [-0.39, 0.29) is 24.4 Å². The molecule has 2 unspecified atom stereocenters. The zero-order valence-electron chi connectivity index (χ0n) is 14.2. The van der Waals surface area contributed by atoms with Gasteiger partial charge in [0.25, 0.3) is 5.91 Å². The number of carbonyl (C=O) groups is 1. The van der Waals surface area contributed by atoms with Crippen molar-refractivity contribution in [2.24, 2.45) is 11.7 Å². The maximum atomic E-state index is 12.7. The van der Waals surface area contributed by atoms with E-state index in [2.05, 4.69) is 10.4 Å². The molecule has 1 amide bonds. The van der Waals surface area contributed by atoms with Crippen molar-refractivity contribution < 1.29 is 4.79 Å². The Kier molecular flexibility index (Phi) is 6.87. The number of carbonyl (C=O) groups excluding carboxylic acids is 1. The van der Waals surface area contributed by atoms with Crippen molar-refractivity contribution in [3.05, 3.63) is 46.7 Å². The van der Waals surface area contributed by atoms with Crippen LogP contribution in [0.15, 0.2) is 30.5 Å². The molecule has 7 heteroatoms. The van der Waals surface area contributed by atoms with E-state index in [4.69, 9.17) is 17.3 Å². The first-order valence-corrected chi connectivity index (χ1v) is 8.85. The predicted molar refractivity (Wildman–Crippen MR) is 103 cm³/mol. The highest BCUT2D eigenvalue weighted by Crippen LogP contribution is 2.25. The molecule has 2 aromatic rings. The Morgan fingerprint density at radius 1 is 1.44 bits per heavy atom. The molecule has 25 heavy (non-hydrogen) atoms. The summed E-state index contributed by atoms with van der Waals surface area (Å²) in [6.07, 6.45) is 5.55. The molecule has 1 aromatic carbocycles. The van der Waals surface area contributed by atoms with Gasteiger partial charge in [0, 0.05) is 11.1 Å². The van der Waals surface area contributed by atoms with Crippen LogP contribution in [0.5, 0.6) is 0 Å². The lowest BCUT2D eigenvalue weighted by molar-refractivity contribution is 0.0928. The minimum atomic E-state index is -0.0644. The molecule has 3 N–H and O–H groups in total. The van der Waals surface area contributed by atoms with E-state index in [9.17, 15) is 4.79 Å². The van der Waals surface area contributed by atoms with Crippen molar-refractivity contribution in [1.29, 1.82) is 0 Å². The molecular weight excluding hydrogens is 359 g/mol. The van der Waals surface area contributed by atoms with Crippen LogP contribution in [-0.4, -0.2) is 28.3 Å². The quantitative estimate of drug-likeness (QED) is 0.832. The maximum absolute atomic E-state index is 12.7. The lowest BCUT2D eigenvalue weighted by Crippen LogP contribution is -2.40. The fraction of sp³-hybridized carbons (Fsp3) is 0.444. The van der Waals surface area contributed by atoms with Crippen LogP contribution in [0.1, 0.15) is 42.2 Å². The zero-order valence-corrected chi connectivity index (χ0v) is 15.8. The van der Waals surface area contributed by atoms with Gasteiger partial charge in [0.2, 0.25) is 0 Å². The second kappa shape index (κ2) is 8.70. The maximum Gasteiger partial charge on any atom is 0.255 e. The molecule has 0 saturated heterocycles. The number of amides is 1. The molecule has 1 aliphatic rings. The van der Waals surface area contributed by atoms with Crippen molar-refractivity contribution in [1.82, 2.24) is 15.1 Å². The van der Waals surface area contributed by atoms with Crippen molar-refractivity contribution in [3.63, 3.8) is 0 Å². The van der Waals surface area contributed by atoms with E-state index in [1.165, 1.54) is 0 Å². The minimum absolute atomic E-state index is 0. The van der Waals surface area contributed by atoms with Crippen molar-refractivity contribution in [3.8, 4) is 5.69 Å². The first kappa shape index (κ1) is 19.8. The molecule has 5 nitrogen and oxygen atoms in total. The van der Waals surface area contributed by atoms with Gasteiger partial charge in [-0.05, 0) is 49.9 Å². The Balaban J connectivity index is 0.00000225. The predicted octanol–water partition coefficient (Wildman–Crippen LogP) is 3.37. The molecule has 3 rings (SSSR count). The molecule has 1 aliphatic carbocycles. The Hall–Kier alpha value is -1.56. The largest absolute Gasteiger partial charge is 0.349 e. The van der Waals surface area contributed by atoms with Gasteiger partial charge in [0.15, 0.2) is 0 Å². The molecule has 2 atom stereocenters. The van der Waals surface area contributed by atoms with Crippen LogP contribution in [-0.2, 0) is 6.42 Å². The highest BCUT2D eigenvalue weighted by atomic mass is 35.5. The Labute approximate surface area is 159 Å². The van der Waals surface area contributed by atoms with Crippen LogP contribution in [0.4, 0.5) is 0 Å². The molecule has 0 spiro atoms. The van der Waals surface area contributed by atoms with Gasteiger partial charge in [0.05, 0.1) is 23.1 Å². The summed E-state index contributed by atoms with van der Waals surface area (Å²) in [4.78, 5) is 12.7. The summed E-state index contributed by atoms with van der Waals surface area (Å²) >= 11 is 6.07. The van der Waals surface area contributed by atoms with Crippen LogP contribution in [0.25, 0.3) is 5.69 Å². The van der Waals surface area contributed by atoms with Gasteiger partial charge in [-0.1, -0.05) is 31.0 Å². The van der Waals surface area contributed by atoms with Crippen LogP contribution in [0.3, 0.4) is 0 Å². The summed E-state index contributed by atoms with van der Waals surface area (Å²) in [7, 11) is 0. The fourth-order valence-corrected chi connectivity index (χ4v) is 3.67. The molecule has 0 bridgehead atoms. The van der Waals surface area contributed by atoms with Crippen LogP contribution >= 0.6 is 24.0 Å². The fourth-order valence-electron chi connectivity index (χ4n) is 3.49. The smallest absolute Gasteiger partial charge is 0.255 e. The Bertz CT molecular complexity index is 732. The molecule has 1 aromatic heterocycles. The second-order valence-corrected chi connectivity index (χ2v) is 6.69. The molecular formula is C18H24Cl2N4O. The third-order valence-corrected chi connectivity index (χ3v) is 5.01. The average Bonchev–Trinajstić information content (AvgIpc) is 3.20. The average molecular weight is 383 g/mol. The standard InChI is InChI=1S/C18H23ClN4O.ClH/c1-2-17-15(18(24)22-16-8-3-5-12(16)10-20)11-21-23(17)14-7-4-6-13(19)9-14;/h4,6-7,9,11-12,16H,2-3,5,8,10,20H2,1H3,(H,22,24);1H. The molecule has 1 saturated carbocycles. The number of nitrogens with zero attached hydrogens (tertiary/aromatic N) is 2. The normalized spacial score (nSPS) is 19.5. The number of hydrogen-bond donors (Lipinski definition) is 2. The van der Waals surface area contributed by atoms with Gasteiger partial charge in [0.1, 0.15) is 0 Å². The van der Waals surface area contributed by atoms with Gasteiger partial charge < -0.3 is 11.1 Å². The zero-order chi connectivity index (χ0) is 17.1. The summed E-state index contributed by atoms with van der Waals surface area (Å²) in [6.45, 7) is 2.64. The highest BCUT2D eigenvalue weighted by Gasteiger charge is 2.28. The number of aromatic nitrogens is 2. The van der Waals surface area contributed by atoms with Gasteiger partial charge in [-0.2, -0.15) is 5.10 Å². The van der Waals surface area contributed by atoms with Crippen molar-refractivity contribution in [2.45, 2.75) is 38.6 Å². The van der Waals surface area contributed by atoms with Crippen molar-refractivity contribution >= 4 is 29.9 Å². The summed E-state index contributed by atoms with van der Waals surface area (Å²) in [5.41, 5.74) is 8.18. The van der Waals surface area contributed by atoms with Crippen molar-refractivity contribution in [2.75, 3.05) is 6.54 Å². The molecule has 136 valence electrons. The van der Waals surface area contributed by atoms with E-state index in [0.29, 0.717) is 29.5 Å². The van der Waals surface area contributed by atoms with E-state index in [1.54, 1.807) is 10.9 Å². The topological polar surface area (TPSA) is 72.9 Å². The number of halogens is 2. The minimum Gasteiger partial charge on any atom is -0.349 e. The SMILES string of the molecule is CCc1c(C(=O)NC2CCCC2CN)cnn1-c1cccc(Cl)c1.Cl. The Morgan fingerprint density at radius 2 is 2.24 bits per heavy atom. The van der Waals surface area contributed by atoms with Gasteiger partial charge in [-0.25, -0.2) is 4.68 Å².